The zero-order valence-electron chi connectivity index (χ0n) is 8.42. The molecule has 0 spiro atoms. The maximum Gasteiger partial charge on any atom is 0.303 e. The highest BCUT2D eigenvalue weighted by atomic mass is 16.4. The van der Waals surface area contributed by atoms with E-state index in [4.69, 9.17) is 10.8 Å². The number of carboxylic acids is 1. The molecule has 0 unspecified atom stereocenters. The average molecular weight is 185 g/mol. The van der Waals surface area contributed by atoms with Crippen molar-refractivity contribution in [1.29, 1.82) is 0 Å². The van der Waals surface area contributed by atoms with E-state index in [1.807, 2.05) is 0 Å². The highest BCUT2D eigenvalue weighted by Gasteiger charge is 2.41. The van der Waals surface area contributed by atoms with Gasteiger partial charge in [-0.1, -0.05) is 13.8 Å². The van der Waals surface area contributed by atoms with Crippen LogP contribution >= 0.6 is 0 Å². The molecule has 0 radical (unpaired) electrons. The van der Waals surface area contributed by atoms with Crippen LogP contribution < -0.4 is 5.73 Å². The molecule has 76 valence electrons. The molecular weight excluding hydrogens is 166 g/mol. The van der Waals surface area contributed by atoms with Gasteiger partial charge in [0.2, 0.25) is 0 Å². The molecule has 1 aliphatic rings. The lowest BCUT2D eigenvalue weighted by Gasteiger charge is -2.25. The van der Waals surface area contributed by atoms with Crippen molar-refractivity contribution in [3.8, 4) is 0 Å². The van der Waals surface area contributed by atoms with Gasteiger partial charge in [-0.05, 0) is 36.6 Å². The van der Waals surface area contributed by atoms with Crippen molar-refractivity contribution in [2.24, 2.45) is 23.0 Å². The number of hydrogen-bond acceptors (Lipinski definition) is 2. The fourth-order valence-electron chi connectivity index (χ4n) is 2.56. The van der Waals surface area contributed by atoms with E-state index in [2.05, 4.69) is 13.8 Å². The van der Waals surface area contributed by atoms with Crippen LogP contribution in [0.3, 0.4) is 0 Å². The van der Waals surface area contributed by atoms with Crippen molar-refractivity contribution in [2.45, 2.75) is 33.1 Å². The third kappa shape index (κ3) is 2.21. The molecular formula is C10H19NO2. The van der Waals surface area contributed by atoms with Crippen molar-refractivity contribution in [3.63, 3.8) is 0 Å². The quantitative estimate of drug-likeness (QED) is 0.700. The van der Waals surface area contributed by atoms with Crippen LogP contribution in [0.1, 0.15) is 33.1 Å². The zero-order chi connectivity index (χ0) is 10.1. The largest absolute Gasteiger partial charge is 0.481 e. The Morgan fingerprint density at radius 3 is 2.23 bits per heavy atom. The first-order valence-electron chi connectivity index (χ1n) is 4.91. The summed E-state index contributed by atoms with van der Waals surface area (Å²) in [6.07, 6.45) is 2.17. The van der Waals surface area contributed by atoms with Crippen molar-refractivity contribution in [3.05, 3.63) is 0 Å². The lowest BCUT2D eigenvalue weighted by atomic mass is 9.82. The Morgan fingerprint density at radius 2 is 1.92 bits per heavy atom. The second-order valence-electron chi connectivity index (χ2n) is 4.64. The smallest absolute Gasteiger partial charge is 0.303 e. The summed E-state index contributed by atoms with van der Waals surface area (Å²) in [5.41, 5.74) is 5.56. The number of carbonyl (C=O) groups is 1. The van der Waals surface area contributed by atoms with Gasteiger partial charge in [0.15, 0.2) is 0 Å². The summed E-state index contributed by atoms with van der Waals surface area (Å²) in [7, 11) is 0. The molecule has 0 heterocycles. The monoisotopic (exact) mass is 185 g/mol. The summed E-state index contributed by atoms with van der Waals surface area (Å²) < 4.78 is 0. The van der Waals surface area contributed by atoms with Gasteiger partial charge in [0, 0.05) is 0 Å². The molecule has 3 nitrogen and oxygen atoms in total. The van der Waals surface area contributed by atoms with Gasteiger partial charge in [0.1, 0.15) is 0 Å². The Labute approximate surface area is 79.3 Å². The van der Waals surface area contributed by atoms with E-state index in [1.165, 1.54) is 0 Å². The van der Waals surface area contributed by atoms with Crippen LogP contribution in [0.4, 0.5) is 0 Å². The van der Waals surface area contributed by atoms with E-state index in [-0.39, 0.29) is 11.8 Å². The first kappa shape index (κ1) is 10.5. The van der Waals surface area contributed by atoms with Gasteiger partial charge in [0.25, 0.3) is 0 Å². The molecule has 0 aliphatic heterocycles. The number of hydrogen-bond donors (Lipinski definition) is 2. The van der Waals surface area contributed by atoms with E-state index < -0.39 is 5.97 Å². The van der Waals surface area contributed by atoms with Crippen LogP contribution in [-0.2, 0) is 4.79 Å². The molecule has 0 saturated heterocycles. The summed E-state index contributed by atoms with van der Waals surface area (Å²) in [6.45, 7) is 4.88. The molecule has 1 fully saturated rings. The zero-order valence-corrected chi connectivity index (χ0v) is 8.42. The van der Waals surface area contributed by atoms with E-state index in [9.17, 15) is 4.79 Å². The fraction of sp³-hybridized carbons (Fsp3) is 0.900. The van der Waals surface area contributed by atoms with Crippen LogP contribution in [0.5, 0.6) is 0 Å². The van der Waals surface area contributed by atoms with Gasteiger partial charge in [0.05, 0.1) is 6.42 Å². The highest BCUT2D eigenvalue weighted by molar-refractivity contribution is 5.67. The molecule has 0 bridgehead atoms. The molecule has 1 saturated carbocycles. The Bertz CT molecular complexity index is 193. The van der Waals surface area contributed by atoms with Crippen molar-refractivity contribution in [1.82, 2.24) is 0 Å². The minimum atomic E-state index is -0.716. The molecule has 3 atom stereocenters. The second-order valence-corrected chi connectivity index (χ2v) is 4.64. The molecule has 3 heteroatoms. The number of rotatable bonds is 3. The maximum atomic E-state index is 10.7. The molecule has 1 aliphatic carbocycles. The average Bonchev–Trinajstić information content (AvgIpc) is 2.27. The summed E-state index contributed by atoms with van der Waals surface area (Å²) in [5.74, 6) is 0.512. The molecule has 0 aromatic rings. The van der Waals surface area contributed by atoms with Crippen LogP contribution in [0, 0.1) is 17.3 Å². The van der Waals surface area contributed by atoms with Crippen LogP contribution in [-0.4, -0.2) is 17.6 Å². The van der Waals surface area contributed by atoms with Gasteiger partial charge < -0.3 is 10.8 Å². The number of carboxylic acid groups (broad SMARTS) is 1. The Balaban J connectivity index is 2.67. The molecule has 0 aromatic heterocycles. The fourth-order valence-corrected chi connectivity index (χ4v) is 2.56. The maximum absolute atomic E-state index is 10.7. The number of aliphatic carboxylic acids is 1. The summed E-state index contributed by atoms with van der Waals surface area (Å²) >= 11 is 0. The minimum Gasteiger partial charge on any atom is -0.481 e. The lowest BCUT2D eigenvalue weighted by Crippen LogP contribution is -2.30. The highest BCUT2D eigenvalue weighted by Crippen LogP contribution is 2.46. The normalized spacial score (nSPS) is 39.3. The van der Waals surface area contributed by atoms with Crippen LogP contribution in [0.15, 0.2) is 0 Å². The molecule has 1 rings (SSSR count). The van der Waals surface area contributed by atoms with Gasteiger partial charge >= 0.3 is 5.97 Å². The standard InChI is InChI=1S/C10H19NO2/c1-7-3-10(6-11,4-8(7)2)5-9(12)13/h7-8H,3-6,11H2,1-2H3,(H,12,13)/t7-,8+,10+. The molecule has 0 aromatic carbocycles. The van der Waals surface area contributed by atoms with Crippen molar-refractivity contribution >= 4 is 5.97 Å². The van der Waals surface area contributed by atoms with Crippen molar-refractivity contribution in [2.75, 3.05) is 6.54 Å². The summed E-state index contributed by atoms with van der Waals surface area (Å²) in [5, 5.41) is 8.79. The van der Waals surface area contributed by atoms with Crippen LogP contribution in [0.25, 0.3) is 0 Å². The third-order valence-corrected chi connectivity index (χ3v) is 3.44. The predicted molar refractivity (Wildman–Crippen MR) is 51.3 cm³/mol. The Kier molecular flexibility index (Phi) is 2.96. The van der Waals surface area contributed by atoms with Gasteiger partial charge in [-0.2, -0.15) is 0 Å². The summed E-state index contributed by atoms with van der Waals surface area (Å²) in [6, 6.07) is 0. The Hall–Kier alpha value is -0.570. The molecule has 0 amide bonds. The number of nitrogens with two attached hydrogens (primary N) is 1. The second kappa shape index (κ2) is 3.66. The van der Waals surface area contributed by atoms with E-state index in [0.29, 0.717) is 18.4 Å². The van der Waals surface area contributed by atoms with Gasteiger partial charge in [-0.3, -0.25) is 4.79 Å². The van der Waals surface area contributed by atoms with Crippen LogP contribution in [0.2, 0.25) is 0 Å². The SMILES string of the molecule is C[C@@H]1C[C@@](CN)(CC(=O)O)C[C@@H]1C. The molecule has 13 heavy (non-hydrogen) atoms. The van der Waals surface area contributed by atoms with Gasteiger partial charge in [-0.25, -0.2) is 0 Å². The van der Waals surface area contributed by atoms with Crippen molar-refractivity contribution < 1.29 is 9.90 Å². The predicted octanol–water partition coefficient (Wildman–Crippen LogP) is 1.47. The lowest BCUT2D eigenvalue weighted by molar-refractivity contribution is -0.139. The minimum absolute atomic E-state index is 0.120. The third-order valence-electron chi connectivity index (χ3n) is 3.44. The Morgan fingerprint density at radius 1 is 1.46 bits per heavy atom. The summed E-state index contributed by atoms with van der Waals surface area (Å²) in [4.78, 5) is 10.7. The molecule has 3 N–H and O–H groups in total. The first-order chi connectivity index (χ1) is 5.99. The topological polar surface area (TPSA) is 63.3 Å². The van der Waals surface area contributed by atoms with E-state index in [1.54, 1.807) is 0 Å². The van der Waals surface area contributed by atoms with E-state index >= 15 is 0 Å². The first-order valence-corrected chi connectivity index (χ1v) is 4.91. The van der Waals surface area contributed by atoms with E-state index in [0.717, 1.165) is 12.8 Å². The van der Waals surface area contributed by atoms with Gasteiger partial charge in [-0.15, -0.1) is 0 Å².